The molecule has 0 aliphatic heterocycles. The molecule has 0 aliphatic rings. The van der Waals surface area contributed by atoms with Crippen molar-refractivity contribution in [2.45, 2.75) is 20.5 Å². The van der Waals surface area contributed by atoms with Gasteiger partial charge in [-0.1, -0.05) is 12.1 Å². The highest BCUT2D eigenvalue weighted by molar-refractivity contribution is 7.48. The van der Waals surface area contributed by atoms with Gasteiger partial charge >= 0.3 is 7.82 Å². The van der Waals surface area contributed by atoms with Crippen LogP contribution in [0.3, 0.4) is 0 Å². The Morgan fingerprint density at radius 3 is 2.32 bits per heavy atom. The molecule has 0 saturated heterocycles. The topological polar surface area (TPSA) is 91.7 Å². The first-order valence-electron chi connectivity index (χ1n) is 10.7. The molecule has 0 aliphatic carbocycles. The molecule has 3 rings (SSSR count). The average Bonchev–Trinajstić information content (AvgIpc) is 3.18. The lowest BCUT2D eigenvalue weighted by molar-refractivity contribution is -0.111. The molecule has 1 N–H and O–H groups in total. The number of nitrogens with zero attached hydrogens (tertiary/aromatic N) is 2. The molecule has 1 heterocycles. The van der Waals surface area contributed by atoms with E-state index in [0.717, 1.165) is 22.4 Å². The van der Waals surface area contributed by atoms with Gasteiger partial charge in [0.25, 0.3) is 0 Å². The van der Waals surface area contributed by atoms with Crippen LogP contribution < -0.4 is 5.32 Å². The molecular weight excluding hydrogens is 460 g/mol. The van der Waals surface area contributed by atoms with E-state index < -0.39 is 7.82 Å². The maximum atomic E-state index is 13.3. The number of phosphoric acid groups is 1. The summed E-state index contributed by atoms with van der Waals surface area (Å²) in [6.07, 6.45) is 4.70. The van der Waals surface area contributed by atoms with Gasteiger partial charge in [-0.3, -0.25) is 23.0 Å². The van der Waals surface area contributed by atoms with Crippen molar-refractivity contribution in [1.29, 1.82) is 0 Å². The lowest BCUT2D eigenvalue weighted by Crippen LogP contribution is -2.07. The van der Waals surface area contributed by atoms with Crippen LogP contribution in [0.15, 0.2) is 60.8 Å². The van der Waals surface area contributed by atoms with Crippen molar-refractivity contribution in [3.05, 3.63) is 77.7 Å². The number of nitrogens with one attached hydrogen (secondary N) is 1. The second-order valence-electron chi connectivity index (χ2n) is 7.15. The summed E-state index contributed by atoms with van der Waals surface area (Å²) < 4.78 is 42.8. The molecule has 3 aromatic rings. The van der Waals surface area contributed by atoms with Gasteiger partial charge in [0.1, 0.15) is 5.82 Å². The molecule has 8 nitrogen and oxygen atoms in total. The number of hydrogen-bond donors (Lipinski definition) is 1. The van der Waals surface area contributed by atoms with E-state index in [9.17, 15) is 13.8 Å². The molecular formula is C24H27FN3O5P. The molecule has 1 aromatic heterocycles. The van der Waals surface area contributed by atoms with Gasteiger partial charge in [0, 0.05) is 29.9 Å². The lowest BCUT2D eigenvalue weighted by Gasteiger charge is -2.16. The zero-order chi connectivity index (χ0) is 24.6. The summed E-state index contributed by atoms with van der Waals surface area (Å²) in [4.78, 5) is 12.4. The third kappa shape index (κ3) is 6.95. The zero-order valence-corrected chi connectivity index (χ0v) is 20.1. The normalized spacial score (nSPS) is 11.8. The van der Waals surface area contributed by atoms with Crippen LogP contribution in [0.4, 0.5) is 10.1 Å². The third-order valence-corrected chi connectivity index (χ3v) is 6.28. The predicted octanol–water partition coefficient (Wildman–Crippen LogP) is 5.58. The Hall–Kier alpha value is -3.10. The quantitative estimate of drug-likeness (QED) is 0.281. The second-order valence-corrected chi connectivity index (χ2v) is 8.82. The summed E-state index contributed by atoms with van der Waals surface area (Å²) >= 11 is 0. The first-order valence-corrected chi connectivity index (χ1v) is 12.2. The fourth-order valence-electron chi connectivity index (χ4n) is 3.15. The van der Waals surface area contributed by atoms with Crippen molar-refractivity contribution < 1.29 is 27.3 Å². The van der Waals surface area contributed by atoms with Crippen molar-refractivity contribution in [3.63, 3.8) is 0 Å². The number of anilines is 1. The number of carbonyl (C=O) groups is 1. The molecule has 34 heavy (non-hydrogen) atoms. The fraction of sp³-hybridized carbons (Fsp3) is 0.250. The van der Waals surface area contributed by atoms with Gasteiger partial charge in [0.2, 0.25) is 5.91 Å². The zero-order valence-electron chi connectivity index (χ0n) is 19.2. The Bertz CT molecular complexity index is 1170. The molecule has 180 valence electrons. The van der Waals surface area contributed by atoms with Crippen molar-refractivity contribution in [2.75, 3.05) is 18.5 Å². The van der Waals surface area contributed by atoms with Gasteiger partial charge in [0.05, 0.1) is 31.7 Å². The highest BCUT2D eigenvalue weighted by atomic mass is 31.2. The van der Waals surface area contributed by atoms with Gasteiger partial charge in [-0.2, -0.15) is 5.10 Å². The Morgan fingerprint density at radius 1 is 1.06 bits per heavy atom. The van der Waals surface area contributed by atoms with Crippen molar-refractivity contribution in [2.24, 2.45) is 7.05 Å². The molecule has 0 spiro atoms. The first kappa shape index (κ1) is 25.5. The van der Waals surface area contributed by atoms with Gasteiger partial charge < -0.3 is 5.32 Å². The van der Waals surface area contributed by atoms with Gasteiger partial charge in [-0.25, -0.2) is 8.96 Å². The lowest BCUT2D eigenvalue weighted by atomic mass is 10.1. The number of hydrogen-bond acceptors (Lipinski definition) is 6. The smallest absolute Gasteiger partial charge is 0.323 e. The van der Waals surface area contributed by atoms with Crippen molar-refractivity contribution in [3.8, 4) is 11.3 Å². The van der Waals surface area contributed by atoms with E-state index in [2.05, 4.69) is 10.4 Å². The average molecular weight is 487 g/mol. The number of amides is 1. The van der Waals surface area contributed by atoms with E-state index in [0.29, 0.717) is 5.69 Å². The van der Waals surface area contributed by atoms with Crippen molar-refractivity contribution in [1.82, 2.24) is 9.78 Å². The van der Waals surface area contributed by atoms with E-state index in [1.54, 1.807) is 74.2 Å². The first-order chi connectivity index (χ1) is 16.3. The Morgan fingerprint density at radius 2 is 1.71 bits per heavy atom. The Balaban J connectivity index is 1.61. The number of rotatable bonds is 11. The van der Waals surface area contributed by atoms with E-state index in [-0.39, 0.29) is 31.5 Å². The van der Waals surface area contributed by atoms with Gasteiger partial charge in [-0.05, 0) is 61.9 Å². The Kier molecular flexibility index (Phi) is 8.90. The molecule has 0 bridgehead atoms. The largest absolute Gasteiger partial charge is 0.475 e. The van der Waals surface area contributed by atoms with Crippen LogP contribution in [0, 0.1) is 5.82 Å². The Labute approximate surface area is 198 Å². The number of aryl methyl sites for hydroxylation is 1. The minimum absolute atomic E-state index is 0.0403. The number of benzene rings is 2. The van der Waals surface area contributed by atoms with Crippen LogP contribution >= 0.6 is 7.82 Å². The standard InChI is InChI=1S/C24H27FN3O5P/c1-4-31-34(30,32-5-2)33-17-18-6-13-22(14-7-18)27-23(29)15-10-20-16-26-28(3)24(20)19-8-11-21(25)12-9-19/h6-16H,4-5,17H2,1-3H3,(H,27,29)/b15-10+. The second kappa shape index (κ2) is 11.9. The molecule has 0 fully saturated rings. The molecule has 0 radical (unpaired) electrons. The van der Waals surface area contributed by atoms with E-state index in [1.165, 1.54) is 18.2 Å². The van der Waals surface area contributed by atoms with Crippen LogP contribution in [-0.4, -0.2) is 28.9 Å². The number of halogens is 1. The van der Waals surface area contributed by atoms with Crippen LogP contribution in [0.5, 0.6) is 0 Å². The fourth-order valence-corrected chi connectivity index (χ4v) is 4.32. The molecule has 0 atom stereocenters. The SMILES string of the molecule is CCOP(=O)(OCC)OCc1ccc(NC(=O)/C=C/c2cnn(C)c2-c2ccc(F)cc2)cc1. The van der Waals surface area contributed by atoms with Crippen LogP contribution in [0.25, 0.3) is 17.3 Å². The van der Waals surface area contributed by atoms with E-state index in [4.69, 9.17) is 13.6 Å². The van der Waals surface area contributed by atoms with E-state index >= 15 is 0 Å². The highest BCUT2D eigenvalue weighted by Gasteiger charge is 2.25. The summed E-state index contributed by atoms with van der Waals surface area (Å²) in [6, 6.07) is 13.0. The van der Waals surface area contributed by atoms with Crippen molar-refractivity contribution >= 4 is 25.5 Å². The number of phosphoric ester groups is 1. The third-order valence-electron chi connectivity index (χ3n) is 4.68. The van der Waals surface area contributed by atoms with Crippen LogP contribution in [0.1, 0.15) is 25.0 Å². The molecule has 1 amide bonds. The maximum absolute atomic E-state index is 13.3. The summed E-state index contributed by atoms with van der Waals surface area (Å²) in [5.41, 5.74) is 3.61. The molecule has 2 aromatic carbocycles. The minimum Gasteiger partial charge on any atom is -0.323 e. The molecule has 0 unspecified atom stereocenters. The maximum Gasteiger partial charge on any atom is 0.475 e. The summed E-state index contributed by atoms with van der Waals surface area (Å²) in [7, 11) is -1.81. The number of carbonyl (C=O) groups excluding carboxylic acids is 1. The van der Waals surface area contributed by atoms with Gasteiger partial charge in [0.15, 0.2) is 0 Å². The minimum atomic E-state index is -3.59. The summed E-state index contributed by atoms with van der Waals surface area (Å²) in [5.74, 6) is -0.646. The predicted molar refractivity (Wildman–Crippen MR) is 128 cm³/mol. The molecule has 0 saturated carbocycles. The van der Waals surface area contributed by atoms with Gasteiger partial charge in [-0.15, -0.1) is 0 Å². The molecule has 10 heteroatoms. The van der Waals surface area contributed by atoms with E-state index in [1.807, 2.05) is 0 Å². The van der Waals surface area contributed by atoms with Crippen LogP contribution in [0.2, 0.25) is 0 Å². The van der Waals surface area contributed by atoms with Crippen LogP contribution in [-0.2, 0) is 36.6 Å². The number of aromatic nitrogens is 2. The summed E-state index contributed by atoms with van der Waals surface area (Å²) in [5, 5.41) is 7.01. The highest BCUT2D eigenvalue weighted by Crippen LogP contribution is 2.49. The monoisotopic (exact) mass is 487 g/mol. The summed E-state index contributed by atoms with van der Waals surface area (Å²) in [6.45, 7) is 3.87.